The molecule has 0 fully saturated rings. The van der Waals surface area contributed by atoms with E-state index in [0.29, 0.717) is 4.60 Å². The van der Waals surface area contributed by atoms with E-state index in [1.54, 1.807) is 0 Å². The summed E-state index contributed by atoms with van der Waals surface area (Å²) in [7, 11) is -0.419. The lowest BCUT2D eigenvalue weighted by Crippen LogP contribution is -2.31. The lowest BCUT2D eigenvalue weighted by Gasteiger charge is -2.03. The van der Waals surface area contributed by atoms with Crippen LogP contribution in [0.25, 0.3) is 0 Å². The Bertz CT molecular complexity index is 358. The maximum Gasteiger partial charge on any atom is 0.488 e. The molecule has 1 aromatic heterocycles. The number of pyridine rings is 1. The van der Waals surface area contributed by atoms with Crippen molar-refractivity contribution < 1.29 is 19.6 Å². The molecule has 1 rings (SSSR count). The quantitative estimate of drug-likeness (QED) is 0.418. The average molecular weight is 260 g/mol. The highest BCUT2D eigenvalue weighted by molar-refractivity contribution is 9.10. The Balaban J connectivity index is 3.13. The monoisotopic (exact) mass is 259 g/mol. The van der Waals surface area contributed by atoms with Gasteiger partial charge in [-0.05, 0) is 33.5 Å². The van der Waals surface area contributed by atoms with Gasteiger partial charge < -0.3 is 14.8 Å². The molecule has 5 nitrogen and oxygen atoms in total. The summed E-state index contributed by atoms with van der Waals surface area (Å²) in [6.07, 6.45) is 0. The second-order valence-electron chi connectivity index (χ2n) is 2.47. The van der Waals surface area contributed by atoms with E-state index in [1.165, 1.54) is 19.2 Å². The van der Waals surface area contributed by atoms with Gasteiger partial charge in [0.15, 0.2) is 0 Å². The Kier molecular flexibility index (Phi) is 3.62. The van der Waals surface area contributed by atoms with Gasteiger partial charge in [0.25, 0.3) is 0 Å². The molecule has 0 saturated carbocycles. The standard InChI is InChI=1S/C7H7BBrNO4/c1-14-7(11)5-2-4(8(12)13)3-6(9)10-5/h2-3,12-13H,1H3. The average Bonchev–Trinajstić information content (AvgIpc) is 2.15. The molecule has 1 aromatic rings. The summed E-state index contributed by atoms with van der Waals surface area (Å²) in [6, 6.07) is 2.65. The zero-order valence-electron chi connectivity index (χ0n) is 7.27. The van der Waals surface area contributed by atoms with Crippen molar-refractivity contribution >= 4 is 34.5 Å². The lowest BCUT2D eigenvalue weighted by molar-refractivity contribution is 0.0594. The van der Waals surface area contributed by atoms with E-state index in [-0.39, 0.29) is 11.2 Å². The molecule has 0 aliphatic heterocycles. The van der Waals surface area contributed by atoms with Crippen LogP contribution in [-0.4, -0.2) is 35.2 Å². The lowest BCUT2D eigenvalue weighted by atomic mass is 9.81. The van der Waals surface area contributed by atoms with Gasteiger partial charge in [-0.25, -0.2) is 9.78 Å². The predicted octanol–water partition coefficient (Wildman–Crippen LogP) is -0.690. The summed E-state index contributed by atoms with van der Waals surface area (Å²) in [5, 5.41) is 17.8. The van der Waals surface area contributed by atoms with Crippen molar-refractivity contribution in [2.75, 3.05) is 7.11 Å². The Morgan fingerprint density at radius 2 is 2.21 bits per heavy atom. The first-order chi connectivity index (χ1) is 6.54. The van der Waals surface area contributed by atoms with E-state index >= 15 is 0 Å². The van der Waals surface area contributed by atoms with Gasteiger partial charge in [-0.2, -0.15) is 0 Å². The molecule has 7 heteroatoms. The molecule has 0 amide bonds. The molecule has 0 spiro atoms. The molecule has 0 aromatic carbocycles. The zero-order chi connectivity index (χ0) is 10.7. The van der Waals surface area contributed by atoms with Crippen molar-refractivity contribution in [1.29, 1.82) is 0 Å². The number of halogens is 1. The first-order valence-electron chi connectivity index (χ1n) is 3.66. The number of ether oxygens (including phenoxy) is 1. The molecule has 0 aliphatic carbocycles. The third-order valence-electron chi connectivity index (χ3n) is 1.51. The SMILES string of the molecule is COC(=O)c1cc(B(O)O)cc(Br)n1. The first-order valence-corrected chi connectivity index (χ1v) is 4.46. The van der Waals surface area contributed by atoms with Crippen molar-refractivity contribution in [3.63, 3.8) is 0 Å². The maximum absolute atomic E-state index is 11.1. The maximum atomic E-state index is 11.1. The van der Waals surface area contributed by atoms with Crippen LogP contribution >= 0.6 is 15.9 Å². The van der Waals surface area contributed by atoms with Crippen LogP contribution in [0.5, 0.6) is 0 Å². The van der Waals surface area contributed by atoms with Gasteiger partial charge in [-0.15, -0.1) is 0 Å². The molecule has 14 heavy (non-hydrogen) atoms. The highest BCUT2D eigenvalue weighted by Crippen LogP contribution is 2.06. The van der Waals surface area contributed by atoms with Crippen LogP contribution in [0.4, 0.5) is 0 Å². The summed E-state index contributed by atoms with van der Waals surface area (Å²) in [5.41, 5.74) is 0.192. The largest absolute Gasteiger partial charge is 0.488 e. The fourth-order valence-corrected chi connectivity index (χ4v) is 1.33. The molecular formula is C7H7BBrNO4. The first kappa shape index (κ1) is 11.2. The minimum absolute atomic E-state index is 0.0185. The normalized spacial score (nSPS) is 9.71. The number of aromatic nitrogens is 1. The smallest absolute Gasteiger partial charge is 0.464 e. The van der Waals surface area contributed by atoms with Crippen molar-refractivity contribution in [3.8, 4) is 0 Å². The molecule has 1 heterocycles. The Morgan fingerprint density at radius 3 is 2.71 bits per heavy atom. The van der Waals surface area contributed by atoms with Gasteiger partial charge >= 0.3 is 13.1 Å². The van der Waals surface area contributed by atoms with Gasteiger partial charge in [0.1, 0.15) is 10.3 Å². The van der Waals surface area contributed by atoms with Gasteiger partial charge in [0.05, 0.1) is 7.11 Å². The number of nitrogens with zero attached hydrogens (tertiary/aromatic N) is 1. The van der Waals surface area contributed by atoms with Crippen LogP contribution in [0.2, 0.25) is 0 Å². The Labute approximate surface area is 89.0 Å². The van der Waals surface area contributed by atoms with Crippen LogP contribution in [0.15, 0.2) is 16.7 Å². The van der Waals surface area contributed by atoms with E-state index in [1.807, 2.05) is 0 Å². The van der Waals surface area contributed by atoms with Crippen LogP contribution in [0, 0.1) is 0 Å². The highest BCUT2D eigenvalue weighted by Gasteiger charge is 2.16. The van der Waals surface area contributed by atoms with Crippen LogP contribution in [0.3, 0.4) is 0 Å². The summed E-state index contributed by atoms with van der Waals surface area (Å²) in [6.45, 7) is 0. The number of hydrogen-bond acceptors (Lipinski definition) is 5. The summed E-state index contributed by atoms with van der Waals surface area (Å²) in [4.78, 5) is 14.9. The minimum Gasteiger partial charge on any atom is -0.464 e. The molecule has 0 radical (unpaired) electrons. The molecule has 0 saturated heterocycles. The third-order valence-corrected chi connectivity index (χ3v) is 1.92. The summed E-state index contributed by atoms with van der Waals surface area (Å²) in [5.74, 6) is -0.631. The second kappa shape index (κ2) is 4.54. The van der Waals surface area contributed by atoms with Crippen molar-refractivity contribution in [2.45, 2.75) is 0 Å². The Morgan fingerprint density at radius 1 is 1.57 bits per heavy atom. The van der Waals surface area contributed by atoms with Crippen molar-refractivity contribution in [1.82, 2.24) is 4.98 Å². The third kappa shape index (κ3) is 2.54. The van der Waals surface area contributed by atoms with Gasteiger partial charge in [-0.3, -0.25) is 0 Å². The zero-order valence-corrected chi connectivity index (χ0v) is 8.85. The second-order valence-corrected chi connectivity index (χ2v) is 3.29. The predicted molar refractivity (Wildman–Crippen MR) is 53.1 cm³/mol. The molecule has 0 aliphatic rings. The fourth-order valence-electron chi connectivity index (χ4n) is 0.875. The molecule has 0 bridgehead atoms. The highest BCUT2D eigenvalue weighted by atomic mass is 79.9. The number of rotatable bonds is 2. The number of hydrogen-bond donors (Lipinski definition) is 2. The number of carbonyl (C=O) groups excluding carboxylic acids is 1. The Hall–Kier alpha value is -0.915. The van der Waals surface area contributed by atoms with E-state index < -0.39 is 13.1 Å². The van der Waals surface area contributed by atoms with Gasteiger partial charge in [0.2, 0.25) is 0 Å². The van der Waals surface area contributed by atoms with E-state index in [2.05, 4.69) is 25.7 Å². The van der Waals surface area contributed by atoms with E-state index in [9.17, 15) is 4.79 Å². The minimum atomic E-state index is -1.64. The summed E-state index contributed by atoms with van der Waals surface area (Å²) < 4.78 is 4.78. The molecule has 74 valence electrons. The van der Waals surface area contributed by atoms with E-state index in [0.717, 1.165) is 0 Å². The van der Waals surface area contributed by atoms with Crippen LogP contribution in [0.1, 0.15) is 10.5 Å². The summed E-state index contributed by atoms with van der Waals surface area (Å²) >= 11 is 3.04. The topological polar surface area (TPSA) is 79.7 Å². The number of methoxy groups -OCH3 is 1. The van der Waals surface area contributed by atoms with Crippen LogP contribution in [-0.2, 0) is 4.74 Å². The number of esters is 1. The fraction of sp³-hybridized carbons (Fsp3) is 0.143. The van der Waals surface area contributed by atoms with Crippen molar-refractivity contribution in [3.05, 3.63) is 22.4 Å². The molecule has 0 unspecified atom stereocenters. The molecule has 0 atom stereocenters. The van der Waals surface area contributed by atoms with Crippen molar-refractivity contribution in [2.24, 2.45) is 0 Å². The van der Waals surface area contributed by atoms with E-state index in [4.69, 9.17) is 10.0 Å². The van der Waals surface area contributed by atoms with Gasteiger partial charge in [-0.1, -0.05) is 0 Å². The van der Waals surface area contributed by atoms with Gasteiger partial charge in [0, 0.05) is 0 Å². The number of carbonyl (C=O) groups is 1. The molecular weight excluding hydrogens is 253 g/mol. The van der Waals surface area contributed by atoms with Crippen LogP contribution < -0.4 is 5.46 Å². The molecule has 2 N–H and O–H groups in total.